The van der Waals surface area contributed by atoms with E-state index in [1.54, 1.807) is 6.92 Å². The van der Waals surface area contributed by atoms with Gasteiger partial charge < -0.3 is 14.2 Å². The number of carbonyl (C=O) groups is 2. The highest BCUT2D eigenvalue weighted by Crippen LogP contribution is 2.32. The van der Waals surface area contributed by atoms with Crippen LogP contribution in [0, 0.1) is 11.6 Å². The first-order valence-electron chi connectivity index (χ1n) is 10.4. The number of pyridine rings is 1. The molecule has 4 rings (SSSR count). The Balaban J connectivity index is 1.79. The lowest BCUT2D eigenvalue weighted by Gasteiger charge is -2.13. The summed E-state index contributed by atoms with van der Waals surface area (Å²) in [5.41, 5.74) is 0.418. The number of benzene rings is 2. The molecule has 0 spiro atoms. The highest BCUT2D eigenvalue weighted by molar-refractivity contribution is 5.98. The van der Waals surface area contributed by atoms with Crippen molar-refractivity contribution in [3.63, 3.8) is 0 Å². The van der Waals surface area contributed by atoms with Crippen molar-refractivity contribution in [2.24, 2.45) is 0 Å². The second kappa shape index (κ2) is 9.72. The van der Waals surface area contributed by atoms with Gasteiger partial charge in [-0.2, -0.15) is 0 Å². The number of methoxy groups -OCH3 is 1. The minimum atomic E-state index is -0.900. The van der Waals surface area contributed by atoms with E-state index in [1.165, 1.54) is 54.2 Å². The molecule has 178 valence electrons. The van der Waals surface area contributed by atoms with Crippen LogP contribution in [0.3, 0.4) is 0 Å². The van der Waals surface area contributed by atoms with E-state index < -0.39 is 29.0 Å². The van der Waals surface area contributed by atoms with Gasteiger partial charge in [-0.05, 0) is 36.4 Å². The number of esters is 2. The van der Waals surface area contributed by atoms with Gasteiger partial charge in [-0.25, -0.2) is 18.1 Å². The number of rotatable bonds is 6. The smallest absolute Gasteiger partial charge is 0.345 e. The monoisotopic (exact) mass is 480 g/mol. The van der Waals surface area contributed by atoms with E-state index in [0.29, 0.717) is 17.3 Å². The topological polar surface area (TPSA) is 96.2 Å². The van der Waals surface area contributed by atoms with Gasteiger partial charge in [0.2, 0.25) is 5.88 Å². The lowest BCUT2D eigenvalue weighted by Crippen LogP contribution is -2.13. The Morgan fingerprint density at radius 3 is 2.49 bits per heavy atom. The molecule has 10 heteroatoms. The van der Waals surface area contributed by atoms with Gasteiger partial charge in [-0.1, -0.05) is 6.92 Å². The van der Waals surface area contributed by atoms with Crippen molar-refractivity contribution >= 4 is 17.5 Å². The van der Waals surface area contributed by atoms with E-state index >= 15 is 0 Å². The second-order valence-electron chi connectivity index (χ2n) is 7.26. The van der Waals surface area contributed by atoms with Gasteiger partial charge in [0.1, 0.15) is 11.6 Å². The molecule has 0 unspecified atom stereocenters. The Bertz CT molecular complexity index is 1520. The first-order valence-corrected chi connectivity index (χ1v) is 10.4. The van der Waals surface area contributed by atoms with Crippen molar-refractivity contribution in [1.29, 1.82) is 0 Å². The maximum atomic E-state index is 14.0. The number of hydrogen-bond donors (Lipinski definition) is 0. The van der Waals surface area contributed by atoms with Gasteiger partial charge >= 0.3 is 11.9 Å². The van der Waals surface area contributed by atoms with Crippen molar-refractivity contribution in [1.82, 2.24) is 9.61 Å². The zero-order valence-electron chi connectivity index (χ0n) is 18.6. The number of carbonyl (C=O) groups excluding carboxylic acids is 2. The third-order valence-corrected chi connectivity index (χ3v) is 5.01. The predicted molar refractivity (Wildman–Crippen MR) is 121 cm³/mol. The minimum absolute atomic E-state index is 0.0139. The van der Waals surface area contributed by atoms with E-state index in [4.69, 9.17) is 14.2 Å². The Hall–Kier alpha value is -4.60. The van der Waals surface area contributed by atoms with Crippen molar-refractivity contribution in [3.05, 3.63) is 88.2 Å². The summed E-state index contributed by atoms with van der Waals surface area (Å²) >= 11 is 0. The Morgan fingerprint density at radius 1 is 1.00 bits per heavy atom. The number of hydrogen-bond acceptors (Lipinski definition) is 7. The zero-order valence-corrected chi connectivity index (χ0v) is 18.6. The standard InChI is InChI=1S/C25H18F2N2O6/c1-3-23(31)35-25(32)14-4-7-20(33-2)16(12-14)24-18-6-9-22(28-29(18)11-10-19(24)30)34-21-8-5-15(26)13-17(21)27/h4-13H,3H2,1-2H3. The molecule has 0 bridgehead atoms. The summed E-state index contributed by atoms with van der Waals surface area (Å²) in [6, 6.07) is 11.3. The van der Waals surface area contributed by atoms with Crippen LogP contribution in [-0.2, 0) is 9.53 Å². The van der Waals surface area contributed by atoms with Gasteiger partial charge in [0.05, 0.1) is 23.8 Å². The molecule has 0 aliphatic heterocycles. The molecule has 2 aromatic carbocycles. The molecule has 0 saturated heterocycles. The van der Waals surface area contributed by atoms with E-state index in [2.05, 4.69) is 5.10 Å². The maximum Gasteiger partial charge on any atom is 0.345 e. The van der Waals surface area contributed by atoms with Crippen LogP contribution in [0.4, 0.5) is 8.78 Å². The number of nitrogens with zero attached hydrogens (tertiary/aromatic N) is 2. The molecule has 2 heterocycles. The molecule has 0 amide bonds. The molecule has 0 aliphatic rings. The average Bonchev–Trinajstić information content (AvgIpc) is 2.85. The third-order valence-electron chi connectivity index (χ3n) is 5.01. The third kappa shape index (κ3) is 4.86. The lowest BCUT2D eigenvalue weighted by molar-refractivity contribution is -0.137. The molecule has 2 aromatic heterocycles. The molecular weight excluding hydrogens is 462 g/mol. The molecule has 0 radical (unpaired) electrons. The first kappa shape index (κ1) is 23.6. The van der Waals surface area contributed by atoms with E-state index in [1.807, 2.05) is 0 Å². The summed E-state index contributed by atoms with van der Waals surface area (Å²) in [5, 5.41) is 4.24. The van der Waals surface area contributed by atoms with Gasteiger partial charge in [-0.3, -0.25) is 9.59 Å². The summed E-state index contributed by atoms with van der Waals surface area (Å²) in [6.45, 7) is 1.56. The number of fused-ring (bicyclic) bond motifs is 1. The minimum Gasteiger partial charge on any atom is -0.496 e. The normalized spacial score (nSPS) is 10.7. The second-order valence-corrected chi connectivity index (χ2v) is 7.26. The van der Waals surface area contributed by atoms with Crippen molar-refractivity contribution in [2.45, 2.75) is 13.3 Å². The molecule has 0 atom stereocenters. The van der Waals surface area contributed by atoms with Crippen molar-refractivity contribution in [2.75, 3.05) is 7.11 Å². The van der Waals surface area contributed by atoms with Gasteiger partial charge in [0, 0.05) is 36.4 Å². The number of halogens is 2. The molecule has 0 saturated carbocycles. The predicted octanol–water partition coefficient (Wildman–Crippen LogP) is 4.53. The molecular formula is C25H18F2N2O6. The van der Waals surface area contributed by atoms with E-state index in [-0.39, 0.29) is 34.7 Å². The van der Waals surface area contributed by atoms with Gasteiger partial charge in [0.15, 0.2) is 17.0 Å². The SMILES string of the molecule is CCC(=O)OC(=O)c1ccc(OC)c(-c2c(=O)ccn3nc(Oc4ccc(F)cc4F)ccc23)c1. The molecule has 4 aromatic rings. The van der Waals surface area contributed by atoms with Crippen LogP contribution in [0.1, 0.15) is 23.7 Å². The lowest BCUT2D eigenvalue weighted by atomic mass is 10.0. The fourth-order valence-electron chi connectivity index (χ4n) is 3.34. The van der Waals surface area contributed by atoms with Crippen LogP contribution in [0.2, 0.25) is 0 Å². The van der Waals surface area contributed by atoms with Crippen LogP contribution in [-0.4, -0.2) is 28.7 Å². The fraction of sp³-hybridized carbons (Fsp3) is 0.120. The zero-order chi connectivity index (χ0) is 25.1. The molecule has 0 fully saturated rings. The molecule has 8 nitrogen and oxygen atoms in total. The molecule has 0 N–H and O–H groups in total. The average molecular weight is 480 g/mol. The van der Waals surface area contributed by atoms with Crippen LogP contribution in [0.15, 0.2) is 65.6 Å². The fourth-order valence-corrected chi connectivity index (χ4v) is 3.34. The van der Waals surface area contributed by atoms with E-state index in [9.17, 15) is 23.2 Å². The highest BCUT2D eigenvalue weighted by atomic mass is 19.1. The first-order chi connectivity index (χ1) is 16.8. The van der Waals surface area contributed by atoms with E-state index in [0.717, 1.165) is 12.1 Å². The number of ether oxygens (including phenoxy) is 3. The quantitative estimate of drug-likeness (QED) is 0.295. The molecule has 35 heavy (non-hydrogen) atoms. The summed E-state index contributed by atoms with van der Waals surface area (Å²) in [7, 11) is 1.40. The van der Waals surface area contributed by atoms with Crippen molar-refractivity contribution < 1.29 is 32.6 Å². The van der Waals surface area contributed by atoms with Crippen molar-refractivity contribution in [3.8, 4) is 28.5 Å². The number of aromatic nitrogens is 2. The van der Waals surface area contributed by atoms with Crippen LogP contribution in [0.25, 0.3) is 16.6 Å². The van der Waals surface area contributed by atoms with Crippen LogP contribution in [0.5, 0.6) is 17.4 Å². The van der Waals surface area contributed by atoms with Gasteiger partial charge in [-0.15, -0.1) is 5.10 Å². The van der Waals surface area contributed by atoms with Crippen LogP contribution >= 0.6 is 0 Å². The Morgan fingerprint density at radius 2 is 1.77 bits per heavy atom. The summed E-state index contributed by atoms with van der Waals surface area (Å²) in [5.74, 6) is -3.15. The Kier molecular flexibility index (Phi) is 6.54. The van der Waals surface area contributed by atoms with Gasteiger partial charge in [0.25, 0.3) is 0 Å². The molecule has 0 aliphatic carbocycles. The summed E-state index contributed by atoms with van der Waals surface area (Å²) in [4.78, 5) is 36.8. The summed E-state index contributed by atoms with van der Waals surface area (Å²) < 4.78 is 44.0. The Labute approximate surface area is 197 Å². The van der Waals surface area contributed by atoms with Crippen LogP contribution < -0.4 is 14.9 Å². The largest absolute Gasteiger partial charge is 0.496 e. The maximum absolute atomic E-state index is 14.0. The highest BCUT2D eigenvalue weighted by Gasteiger charge is 2.19. The summed E-state index contributed by atoms with van der Waals surface area (Å²) in [6.07, 6.45) is 1.41.